The molecule has 0 amide bonds. The Bertz CT molecular complexity index is 237. The topological polar surface area (TPSA) is 60.2 Å². The van der Waals surface area contributed by atoms with Crippen molar-refractivity contribution in [1.82, 2.24) is 15.5 Å². The number of hydrogen-bond donors (Lipinski definition) is 1. The fourth-order valence-corrected chi connectivity index (χ4v) is 0.952. The number of nitrogens with zero attached hydrogens (tertiary/aromatic N) is 2. The van der Waals surface area contributed by atoms with Gasteiger partial charge in [0.25, 0.3) is 0 Å². The molecule has 0 saturated carbocycles. The van der Waals surface area contributed by atoms with Crippen LogP contribution in [0.15, 0.2) is 4.52 Å². The molecular weight excluding hydrogens is 170 g/mol. The highest BCUT2D eigenvalue weighted by Crippen LogP contribution is 1.98. The van der Waals surface area contributed by atoms with Gasteiger partial charge in [0.15, 0.2) is 5.82 Å². The van der Waals surface area contributed by atoms with Gasteiger partial charge in [-0.1, -0.05) is 12.1 Å². The minimum atomic E-state index is 0.407. The van der Waals surface area contributed by atoms with Gasteiger partial charge in [-0.25, -0.2) is 0 Å². The van der Waals surface area contributed by atoms with E-state index >= 15 is 0 Å². The van der Waals surface area contributed by atoms with Crippen LogP contribution in [0.2, 0.25) is 0 Å². The molecular formula is C8H15N3O2. The van der Waals surface area contributed by atoms with Crippen LogP contribution in [0.4, 0.5) is 0 Å². The molecule has 1 heterocycles. The molecule has 1 aromatic rings. The smallest absolute Gasteiger partial charge is 0.228 e. The van der Waals surface area contributed by atoms with E-state index in [0.29, 0.717) is 18.3 Å². The van der Waals surface area contributed by atoms with E-state index < -0.39 is 0 Å². The summed E-state index contributed by atoms with van der Waals surface area (Å²) in [6.07, 6.45) is 0.768. The molecule has 5 heteroatoms. The Labute approximate surface area is 77.5 Å². The number of methoxy groups -OCH3 is 1. The average Bonchev–Trinajstić information content (AvgIpc) is 2.54. The molecule has 0 aromatic carbocycles. The summed E-state index contributed by atoms with van der Waals surface area (Å²) in [6, 6.07) is 0. The van der Waals surface area contributed by atoms with Crippen LogP contribution >= 0.6 is 0 Å². The number of nitrogens with one attached hydrogen (secondary N) is 1. The fourth-order valence-electron chi connectivity index (χ4n) is 0.952. The van der Waals surface area contributed by atoms with Crippen molar-refractivity contribution in [3.05, 3.63) is 11.7 Å². The van der Waals surface area contributed by atoms with Gasteiger partial charge in [-0.15, -0.1) is 0 Å². The molecule has 1 aromatic heterocycles. The second-order valence-corrected chi connectivity index (χ2v) is 2.64. The largest absolute Gasteiger partial charge is 0.377 e. The molecule has 0 aliphatic heterocycles. The molecule has 5 nitrogen and oxygen atoms in total. The standard InChI is InChI=1S/C8H15N3O2/c1-3-9-5-4-8-10-7(6-12-2)11-13-8/h9H,3-6H2,1-2H3. The van der Waals surface area contributed by atoms with E-state index in [1.54, 1.807) is 7.11 Å². The van der Waals surface area contributed by atoms with Crippen LogP contribution in [0.25, 0.3) is 0 Å². The number of aromatic nitrogens is 2. The fraction of sp³-hybridized carbons (Fsp3) is 0.750. The van der Waals surface area contributed by atoms with Crippen LogP contribution in [-0.2, 0) is 17.8 Å². The highest BCUT2D eigenvalue weighted by atomic mass is 16.5. The van der Waals surface area contributed by atoms with Gasteiger partial charge in [-0.3, -0.25) is 0 Å². The average molecular weight is 185 g/mol. The second kappa shape index (κ2) is 5.66. The van der Waals surface area contributed by atoms with Gasteiger partial charge in [0.05, 0.1) is 0 Å². The summed E-state index contributed by atoms with van der Waals surface area (Å²) in [5.74, 6) is 1.27. The molecule has 74 valence electrons. The number of ether oxygens (including phenoxy) is 1. The molecule has 1 N–H and O–H groups in total. The van der Waals surface area contributed by atoms with Crippen molar-refractivity contribution in [2.24, 2.45) is 0 Å². The normalized spacial score (nSPS) is 10.6. The number of hydrogen-bond acceptors (Lipinski definition) is 5. The van der Waals surface area contributed by atoms with Gasteiger partial charge in [0.1, 0.15) is 6.61 Å². The number of likely N-dealkylation sites (N-methyl/N-ethyl adjacent to an activating group) is 1. The molecule has 0 spiro atoms. The SMILES string of the molecule is CCNCCc1nc(COC)no1. The molecule has 0 fully saturated rings. The van der Waals surface area contributed by atoms with Crippen molar-refractivity contribution in [3.8, 4) is 0 Å². The predicted molar refractivity (Wildman–Crippen MR) is 47.3 cm³/mol. The van der Waals surface area contributed by atoms with Gasteiger partial charge < -0.3 is 14.6 Å². The summed E-state index contributed by atoms with van der Waals surface area (Å²) in [7, 11) is 1.61. The molecule has 0 radical (unpaired) electrons. The summed E-state index contributed by atoms with van der Waals surface area (Å²) in [4.78, 5) is 4.13. The molecule has 0 unspecified atom stereocenters. The van der Waals surface area contributed by atoms with Crippen molar-refractivity contribution < 1.29 is 9.26 Å². The van der Waals surface area contributed by atoms with Gasteiger partial charge in [-0.05, 0) is 6.54 Å². The van der Waals surface area contributed by atoms with Gasteiger partial charge in [0.2, 0.25) is 5.89 Å². The van der Waals surface area contributed by atoms with E-state index in [-0.39, 0.29) is 0 Å². The Balaban J connectivity index is 2.31. The first-order valence-corrected chi connectivity index (χ1v) is 4.38. The highest BCUT2D eigenvalue weighted by molar-refractivity contribution is 4.84. The summed E-state index contributed by atoms with van der Waals surface area (Å²) in [6.45, 7) is 4.29. The summed E-state index contributed by atoms with van der Waals surface area (Å²) in [5, 5.41) is 6.92. The van der Waals surface area contributed by atoms with Crippen molar-refractivity contribution in [1.29, 1.82) is 0 Å². The van der Waals surface area contributed by atoms with Crippen LogP contribution in [0.5, 0.6) is 0 Å². The Morgan fingerprint density at radius 2 is 2.38 bits per heavy atom. The van der Waals surface area contributed by atoms with E-state index in [1.807, 2.05) is 0 Å². The third-order valence-electron chi connectivity index (χ3n) is 1.55. The Morgan fingerprint density at radius 3 is 3.08 bits per heavy atom. The second-order valence-electron chi connectivity index (χ2n) is 2.64. The lowest BCUT2D eigenvalue weighted by Crippen LogP contribution is -2.16. The van der Waals surface area contributed by atoms with Crippen molar-refractivity contribution in [2.45, 2.75) is 20.0 Å². The minimum Gasteiger partial charge on any atom is -0.377 e. The molecule has 0 bridgehead atoms. The third-order valence-corrected chi connectivity index (χ3v) is 1.55. The first-order chi connectivity index (χ1) is 6.36. The first kappa shape index (κ1) is 10.1. The van der Waals surface area contributed by atoms with E-state index in [0.717, 1.165) is 19.5 Å². The molecule has 0 aliphatic carbocycles. The molecule has 13 heavy (non-hydrogen) atoms. The maximum absolute atomic E-state index is 4.98. The predicted octanol–water partition coefficient (Wildman–Crippen LogP) is 0.368. The zero-order chi connectivity index (χ0) is 9.52. The maximum Gasteiger partial charge on any atom is 0.228 e. The number of rotatable bonds is 6. The Kier molecular flexibility index (Phi) is 4.42. The summed E-state index contributed by atoms with van der Waals surface area (Å²) in [5.41, 5.74) is 0. The summed E-state index contributed by atoms with van der Waals surface area (Å²) >= 11 is 0. The zero-order valence-corrected chi connectivity index (χ0v) is 8.04. The van der Waals surface area contributed by atoms with Crippen molar-refractivity contribution >= 4 is 0 Å². The lowest BCUT2D eigenvalue weighted by atomic mass is 10.4. The third kappa shape index (κ3) is 3.52. The first-order valence-electron chi connectivity index (χ1n) is 4.38. The monoisotopic (exact) mass is 185 g/mol. The van der Waals surface area contributed by atoms with Crippen LogP contribution in [-0.4, -0.2) is 30.3 Å². The molecule has 1 rings (SSSR count). The lowest BCUT2D eigenvalue weighted by molar-refractivity contribution is 0.174. The van der Waals surface area contributed by atoms with Crippen LogP contribution < -0.4 is 5.32 Å². The van der Waals surface area contributed by atoms with Crippen LogP contribution in [0.1, 0.15) is 18.6 Å². The lowest BCUT2D eigenvalue weighted by Gasteiger charge is -1.95. The van der Waals surface area contributed by atoms with E-state index in [1.165, 1.54) is 0 Å². The van der Waals surface area contributed by atoms with Gasteiger partial charge in [-0.2, -0.15) is 4.98 Å². The molecule has 0 atom stereocenters. The quantitative estimate of drug-likeness (QED) is 0.649. The van der Waals surface area contributed by atoms with E-state index in [4.69, 9.17) is 9.26 Å². The maximum atomic E-state index is 4.98. The molecule has 0 aliphatic rings. The molecule has 0 saturated heterocycles. The van der Waals surface area contributed by atoms with E-state index in [2.05, 4.69) is 22.4 Å². The zero-order valence-electron chi connectivity index (χ0n) is 8.04. The van der Waals surface area contributed by atoms with Crippen molar-refractivity contribution in [2.75, 3.05) is 20.2 Å². The van der Waals surface area contributed by atoms with E-state index in [9.17, 15) is 0 Å². The summed E-state index contributed by atoms with van der Waals surface area (Å²) < 4.78 is 9.85. The van der Waals surface area contributed by atoms with Crippen LogP contribution in [0.3, 0.4) is 0 Å². The van der Waals surface area contributed by atoms with Crippen molar-refractivity contribution in [3.63, 3.8) is 0 Å². The Morgan fingerprint density at radius 1 is 1.54 bits per heavy atom. The Hall–Kier alpha value is -0.940. The minimum absolute atomic E-state index is 0.407. The van der Waals surface area contributed by atoms with Gasteiger partial charge >= 0.3 is 0 Å². The van der Waals surface area contributed by atoms with Gasteiger partial charge in [0, 0.05) is 20.1 Å². The van der Waals surface area contributed by atoms with Crippen LogP contribution in [0, 0.1) is 0 Å². The highest BCUT2D eigenvalue weighted by Gasteiger charge is 2.04.